The molecule has 4 rings (SSSR count). The molecule has 172 valence electrons. The molecule has 6 nitrogen and oxygen atoms in total. The number of likely N-dealkylation sites (N-methyl/N-ethyl adjacent to an activating group) is 1. The molecule has 2 aromatic carbocycles. The number of hydrogen-bond acceptors (Lipinski definition) is 6. The van der Waals surface area contributed by atoms with Gasteiger partial charge in [-0.25, -0.2) is 4.98 Å². The Hall–Kier alpha value is -2.87. The maximum absolute atomic E-state index is 13.3. The Kier molecular flexibility index (Phi) is 7.33. The summed E-state index contributed by atoms with van der Waals surface area (Å²) >= 11 is 7.42. The molecule has 0 spiro atoms. The van der Waals surface area contributed by atoms with E-state index in [1.165, 1.54) is 15.9 Å². The number of thiophene rings is 1. The number of nitrogens with zero attached hydrogens (tertiary/aromatic N) is 3. The van der Waals surface area contributed by atoms with Gasteiger partial charge in [0.25, 0.3) is 5.56 Å². The van der Waals surface area contributed by atoms with Crippen LogP contribution in [0.2, 0.25) is 5.02 Å². The van der Waals surface area contributed by atoms with E-state index in [2.05, 4.69) is 23.7 Å². The third kappa shape index (κ3) is 5.05. The van der Waals surface area contributed by atoms with Crippen molar-refractivity contribution in [2.75, 3.05) is 33.4 Å². The predicted molar refractivity (Wildman–Crippen MR) is 135 cm³/mol. The van der Waals surface area contributed by atoms with Crippen LogP contribution in [0.25, 0.3) is 26.3 Å². The molecular weight excluding hydrogens is 458 g/mol. The highest BCUT2D eigenvalue weighted by Crippen LogP contribution is 2.32. The lowest BCUT2D eigenvalue weighted by molar-refractivity contribution is 0.217. The SMILES string of the molecule is CCN(CC)CCOc1ccc(-n2cnc3cc(-c4ccc(Cl)cc4)sc3c2=O)cc1OC. The zero-order valence-electron chi connectivity index (χ0n) is 18.9. The van der Waals surface area contributed by atoms with Crippen molar-refractivity contribution >= 4 is 33.2 Å². The van der Waals surface area contributed by atoms with Gasteiger partial charge in [0.2, 0.25) is 0 Å². The van der Waals surface area contributed by atoms with Gasteiger partial charge in [0, 0.05) is 22.5 Å². The van der Waals surface area contributed by atoms with Crippen LogP contribution in [-0.4, -0.2) is 47.8 Å². The highest BCUT2D eigenvalue weighted by Gasteiger charge is 2.14. The molecule has 0 saturated heterocycles. The minimum atomic E-state index is -0.123. The quantitative estimate of drug-likeness (QED) is 0.315. The van der Waals surface area contributed by atoms with E-state index < -0.39 is 0 Å². The lowest BCUT2D eigenvalue weighted by Crippen LogP contribution is -2.28. The predicted octanol–water partition coefficient (Wildman–Crippen LogP) is 5.50. The van der Waals surface area contributed by atoms with Crippen molar-refractivity contribution in [3.05, 3.63) is 70.2 Å². The highest BCUT2D eigenvalue weighted by atomic mass is 35.5. The molecule has 0 atom stereocenters. The number of hydrogen-bond donors (Lipinski definition) is 0. The van der Waals surface area contributed by atoms with Gasteiger partial charge in [-0.2, -0.15) is 0 Å². The Morgan fingerprint density at radius 2 is 1.82 bits per heavy atom. The molecule has 8 heteroatoms. The second-order valence-electron chi connectivity index (χ2n) is 7.46. The second kappa shape index (κ2) is 10.4. The first-order chi connectivity index (χ1) is 16.0. The number of halogens is 1. The normalized spacial score (nSPS) is 11.3. The summed E-state index contributed by atoms with van der Waals surface area (Å²) in [5.74, 6) is 1.23. The zero-order valence-corrected chi connectivity index (χ0v) is 20.4. The highest BCUT2D eigenvalue weighted by molar-refractivity contribution is 7.22. The number of fused-ring (bicyclic) bond motifs is 1. The van der Waals surface area contributed by atoms with Crippen LogP contribution in [0, 0.1) is 0 Å². The van der Waals surface area contributed by atoms with Crippen LogP contribution in [0.4, 0.5) is 0 Å². The van der Waals surface area contributed by atoms with Gasteiger partial charge in [0.1, 0.15) is 17.6 Å². The van der Waals surface area contributed by atoms with Gasteiger partial charge in [-0.15, -0.1) is 11.3 Å². The standard InChI is InChI=1S/C25H26ClN3O3S/c1-4-28(5-2)12-13-32-21-11-10-19(14-22(21)31-3)29-16-27-20-15-23(33-24(20)25(29)30)17-6-8-18(26)9-7-17/h6-11,14-16H,4-5,12-13H2,1-3H3. The molecule has 2 aromatic heterocycles. The summed E-state index contributed by atoms with van der Waals surface area (Å²) in [5, 5.41) is 0.676. The third-order valence-corrected chi connectivity index (χ3v) is 6.96. The van der Waals surface area contributed by atoms with Gasteiger partial charge in [-0.1, -0.05) is 37.6 Å². The van der Waals surface area contributed by atoms with E-state index >= 15 is 0 Å². The first-order valence-electron chi connectivity index (χ1n) is 10.8. The molecule has 0 aliphatic heterocycles. The van der Waals surface area contributed by atoms with Crippen LogP contribution in [0.3, 0.4) is 0 Å². The summed E-state index contributed by atoms with van der Waals surface area (Å²) in [5.41, 5.74) is 2.22. The van der Waals surface area contributed by atoms with Crippen LogP contribution in [0.5, 0.6) is 11.5 Å². The van der Waals surface area contributed by atoms with Crippen molar-refractivity contribution in [3.8, 4) is 27.6 Å². The molecular formula is C25H26ClN3O3S. The van der Waals surface area contributed by atoms with Gasteiger partial charge in [-0.3, -0.25) is 9.36 Å². The lowest BCUT2D eigenvalue weighted by Gasteiger charge is -2.19. The Morgan fingerprint density at radius 3 is 2.52 bits per heavy atom. The molecule has 0 aliphatic rings. The smallest absolute Gasteiger partial charge is 0.275 e. The molecule has 0 unspecified atom stereocenters. The van der Waals surface area contributed by atoms with Gasteiger partial charge < -0.3 is 14.4 Å². The Morgan fingerprint density at radius 1 is 1.06 bits per heavy atom. The molecule has 4 aromatic rings. The molecule has 0 radical (unpaired) electrons. The molecule has 33 heavy (non-hydrogen) atoms. The van der Waals surface area contributed by atoms with Crippen molar-refractivity contribution < 1.29 is 9.47 Å². The van der Waals surface area contributed by atoms with Crippen molar-refractivity contribution in [3.63, 3.8) is 0 Å². The fourth-order valence-corrected chi connectivity index (χ4v) is 4.77. The van der Waals surface area contributed by atoms with Crippen LogP contribution >= 0.6 is 22.9 Å². The monoisotopic (exact) mass is 483 g/mol. The molecule has 0 saturated carbocycles. The average Bonchev–Trinajstić information content (AvgIpc) is 3.28. The molecule has 2 heterocycles. The van der Waals surface area contributed by atoms with Crippen LogP contribution < -0.4 is 15.0 Å². The van der Waals surface area contributed by atoms with Crippen LogP contribution in [0.1, 0.15) is 13.8 Å². The number of methoxy groups -OCH3 is 1. The Bertz CT molecular complexity index is 1300. The number of rotatable bonds is 9. The summed E-state index contributed by atoms with van der Waals surface area (Å²) in [6, 6.07) is 15.0. The fraction of sp³-hybridized carbons (Fsp3) is 0.280. The molecule has 0 bridgehead atoms. The number of ether oxygens (including phenoxy) is 2. The first-order valence-corrected chi connectivity index (χ1v) is 12.0. The minimum Gasteiger partial charge on any atom is -0.493 e. The average molecular weight is 484 g/mol. The molecule has 0 N–H and O–H groups in total. The van der Waals surface area contributed by atoms with Gasteiger partial charge in [-0.05, 0) is 49.0 Å². The third-order valence-electron chi connectivity index (χ3n) is 5.55. The summed E-state index contributed by atoms with van der Waals surface area (Å²) in [7, 11) is 1.60. The first kappa shape index (κ1) is 23.3. The lowest BCUT2D eigenvalue weighted by atomic mass is 10.2. The summed E-state index contributed by atoms with van der Waals surface area (Å²) in [6.45, 7) is 7.63. The molecule has 0 fully saturated rings. The Balaban J connectivity index is 1.62. The zero-order chi connectivity index (χ0) is 23.4. The second-order valence-corrected chi connectivity index (χ2v) is 8.95. The van der Waals surface area contributed by atoms with Crippen molar-refractivity contribution in [1.29, 1.82) is 0 Å². The molecule has 0 aliphatic carbocycles. The fourth-order valence-electron chi connectivity index (χ4n) is 3.60. The van der Waals surface area contributed by atoms with Gasteiger partial charge in [0.15, 0.2) is 11.5 Å². The van der Waals surface area contributed by atoms with E-state index in [1.807, 2.05) is 42.5 Å². The van der Waals surface area contributed by atoms with E-state index in [0.29, 0.717) is 39.0 Å². The number of aromatic nitrogens is 2. The summed E-state index contributed by atoms with van der Waals surface area (Å²) in [4.78, 5) is 21.0. The van der Waals surface area contributed by atoms with Gasteiger partial charge >= 0.3 is 0 Å². The summed E-state index contributed by atoms with van der Waals surface area (Å²) in [6.07, 6.45) is 1.55. The maximum atomic E-state index is 13.3. The molecule has 0 amide bonds. The number of benzene rings is 2. The van der Waals surface area contributed by atoms with Crippen molar-refractivity contribution in [2.45, 2.75) is 13.8 Å². The topological polar surface area (TPSA) is 56.6 Å². The Labute approximate surface area is 202 Å². The van der Waals surface area contributed by atoms with E-state index in [4.69, 9.17) is 21.1 Å². The van der Waals surface area contributed by atoms with Crippen molar-refractivity contribution in [2.24, 2.45) is 0 Å². The minimum absolute atomic E-state index is 0.123. The van der Waals surface area contributed by atoms with Crippen molar-refractivity contribution in [1.82, 2.24) is 14.5 Å². The van der Waals surface area contributed by atoms with Crippen LogP contribution in [-0.2, 0) is 0 Å². The van der Waals surface area contributed by atoms with Gasteiger partial charge in [0.05, 0.1) is 18.3 Å². The van der Waals surface area contributed by atoms with E-state index in [-0.39, 0.29) is 5.56 Å². The van der Waals surface area contributed by atoms with E-state index in [0.717, 1.165) is 30.1 Å². The van der Waals surface area contributed by atoms with Crippen LogP contribution in [0.15, 0.2) is 59.7 Å². The van der Waals surface area contributed by atoms with E-state index in [9.17, 15) is 4.79 Å². The summed E-state index contributed by atoms with van der Waals surface area (Å²) < 4.78 is 13.6. The van der Waals surface area contributed by atoms with E-state index in [1.54, 1.807) is 19.5 Å². The largest absolute Gasteiger partial charge is 0.493 e. The maximum Gasteiger partial charge on any atom is 0.275 e.